The van der Waals surface area contributed by atoms with Gasteiger partial charge in [0.2, 0.25) is 5.78 Å². The zero-order valence-corrected chi connectivity index (χ0v) is 13.2. The van der Waals surface area contributed by atoms with Crippen LogP contribution in [0.3, 0.4) is 0 Å². The minimum absolute atomic E-state index is 0.0510. The van der Waals surface area contributed by atoms with Gasteiger partial charge in [-0.2, -0.15) is 0 Å². The fourth-order valence-electron chi connectivity index (χ4n) is 1.94. The first-order valence-corrected chi connectivity index (χ1v) is 7.11. The van der Waals surface area contributed by atoms with Gasteiger partial charge < -0.3 is 14.6 Å². The van der Waals surface area contributed by atoms with E-state index >= 15 is 0 Å². The van der Waals surface area contributed by atoms with Crippen molar-refractivity contribution in [3.8, 4) is 11.5 Å². The summed E-state index contributed by atoms with van der Waals surface area (Å²) < 4.78 is 36.1. The van der Waals surface area contributed by atoms with Crippen LogP contribution in [0.4, 0.5) is 8.78 Å². The highest BCUT2D eigenvalue weighted by atomic mass is 19.1. The standard InChI is InChI=1S/C18H14F2O5/c1-24-17-8-11(2-6-15(17)21)3-7-18(23)25-10-16(22)13-9-12(19)4-5-14(13)20/h2-9,21H,10H2,1H3/b7-3+. The largest absolute Gasteiger partial charge is 0.504 e. The number of hydrogen-bond acceptors (Lipinski definition) is 5. The topological polar surface area (TPSA) is 72.8 Å². The highest BCUT2D eigenvalue weighted by molar-refractivity contribution is 5.99. The molecule has 0 aliphatic heterocycles. The molecule has 0 spiro atoms. The van der Waals surface area contributed by atoms with E-state index in [-0.39, 0.29) is 11.5 Å². The van der Waals surface area contributed by atoms with Crippen LogP contribution in [0.15, 0.2) is 42.5 Å². The first-order valence-electron chi connectivity index (χ1n) is 7.11. The van der Waals surface area contributed by atoms with Crippen molar-refractivity contribution in [3.05, 3.63) is 65.2 Å². The second-order valence-electron chi connectivity index (χ2n) is 4.92. The number of carbonyl (C=O) groups excluding carboxylic acids is 2. The van der Waals surface area contributed by atoms with E-state index in [2.05, 4.69) is 0 Å². The summed E-state index contributed by atoms with van der Waals surface area (Å²) in [4.78, 5) is 23.4. The molecule has 0 atom stereocenters. The van der Waals surface area contributed by atoms with E-state index in [9.17, 15) is 23.5 Å². The third kappa shape index (κ3) is 4.87. The molecule has 5 nitrogen and oxygen atoms in total. The van der Waals surface area contributed by atoms with Crippen LogP contribution in [0.5, 0.6) is 11.5 Å². The molecule has 130 valence electrons. The number of esters is 1. The Labute approximate surface area is 142 Å². The molecule has 2 aromatic rings. The lowest BCUT2D eigenvalue weighted by molar-refractivity contribution is -0.136. The maximum atomic E-state index is 13.4. The Morgan fingerprint density at radius 1 is 1.16 bits per heavy atom. The Bertz CT molecular complexity index is 830. The molecule has 0 fully saturated rings. The monoisotopic (exact) mass is 348 g/mol. The molecule has 0 aliphatic rings. The van der Waals surface area contributed by atoms with Crippen molar-refractivity contribution in [2.75, 3.05) is 13.7 Å². The van der Waals surface area contributed by atoms with E-state index in [4.69, 9.17) is 9.47 Å². The van der Waals surface area contributed by atoms with Crippen molar-refractivity contribution >= 4 is 17.8 Å². The summed E-state index contributed by atoms with van der Waals surface area (Å²) >= 11 is 0. The molecule has 0 radical (unpaired) electrons. The molecular weight excluding hydrogens is 334 g/mol. The molecule has 0 aromatic heterocycles. The summed E-state index contributed by atoms with van der Waals surface area (Å²) in [5.41, 5.74) is 0.0640. The van der Waals surface area contributed by atoms with Gasteiger partial charge in [0, 0.05) is 6.08 Å². The van der Waals surface area contributed by atoms with Gasteiger partial charge in [0.05, 0.1) is 12.7 Å². The van der Waals surface area contributed by atoms with Gasteiger partial charge in [-0.1, -0.05) is 6.07 Å². The number of rotatable bonds is 6. The SMILES string of the molecule is COc1cc(/C=C/C(=O)OCC(=O)c2cc(F)ccc2F)ccc1O. The number of methoxy groups -OCH3 is 1. The average molecular weight is 348 g/mol. The van der Waals surface area contributed by atoms with Crippen LogP contribution in [0.2, 0.25) is 0 Å². The van der Waals surface area contributed by atoms with Crippen molar-refractivity contribution in [3.63, 3.8) is 0 Å². The normalized spacial score (nSPS) is 10.7. The number of Topliss-reactive ketones (excluding diaryl/α,β-unsaturated/α-hetero) is 1. The van der Waals surface area contributed by atoms with Crippen LogP contribution in [-0.4, -0.2) is 30.6 Å². The predicted octanol–water partition coefficient (Wildman–Crippen LogP) is 3.12. The second kappa shape index (κ2) is 8.05. The third-order valence-electron chi connectivity index (χ3n) is 3.19. The lowest BCUT2D eigenvalue weighted by Gasteiger charge is -2.04. The fraction of sp³-hybridized carbons (Fsp3) is 0.111. The maximum absolute atomic E-state index is 13.4. The van der Waals surface area contributed by atoms with Gasteiger partial charge in [0.15, 0.2) is 18.1 Å². The molecule has 0 heterocycles. The quantitative estimate of drug-likeness (QED) is 0.493. The Balaban J connectivity index is 1.96. The Morgan fingerprint density at radius 3 is 2.64 bits per heavy atom. The van der Waals surface area contributed by atoms with Crippen molar-refractivity contribution in [2.24, 2.45) is 0 Å². The lowest BCUT2D eigenvalue weighted by atomic mass is 10.1. The number of aromatic hydroxyl groups is 1. The highest BCUT2D eigenvalue weighted by Crippen LogP contribution is 2.26. The molecule has 25 heavy (non-hydrogen) atoms. The van der Waals surface area contributed by atoms with Crippen LogP contribution in [0.25, 0.3) is 6.08 Å². The summed E-state index contributed by atoms with van der Waals surface area (Å²) in [6.07, 6.45) is 2.44. The van der Waals surface area contributed by atoms with E-state index in [1.165, 1.54) is 31.4 Å². The first kappa shape index (κ1) is 18.1. The van der Waals surface area contributed by atoms with Gasteiger partial charge in [-0.25, -0.2) is 13.6 Å². The van der Waals surface area contributed by atoms with Crippen LogP contribution in [0, 0.1) is 11.6 Å². The molecule has 1 N–H and O–H groups in total. The molecule has 0 amide bonds. The summed E-state index contributed by atoms with van der Waals surface area (Å²) in [6.45, 7) is -0.720. The number of phenols is 1. The van der Waals surface area contributed by atoms with Crippen molar-refractivity contribution in [2.45, 2.75) is 0 Å². The van der Waals surface area contributed by atoms with Crippen LogP contribution >= 0.6 is 0 Å². The van der Waals surface area contributed by atoms with E-state index < -0.39 is 35.6 Å². The maximum Gasteiger partial charge on any atom is 0.331 e. The number of benzene rings is 2. The first-order chi connectivity index (χ1) is 11.9. The molecule has 0 aliphatic carbocycles. The Morgan fingerprint density at radius 2 is 1.92 bits per heavy atom. The number of phenolic OH excluding ortho intramolecular Hbond substituents is 1. The summed E-state index contributed by atoms with van der Waals surface area (Å²) in [6, 6.07) is 6.86. The Hall–Kier alpha value is -3.22. The van der Waals surface area contributed by atoms with Gasteiger partial charge in [0.1, 0.15) is 11.6 Å². The molecule has 2 rings (SSSR count). The number of ether oxygens (including phenoxy) is 2. The van der Waals surface area contributed by atoms with Crippen LogP contribution in [-0.2, 0) is 9.53 Å². The van der Waals surface area contributed by atoms with E-state index in [1.54, 1.807) is 0 Å². The van der Waals surface area contributed by atoms with E-state index in [0.29, 0.717) is 5.56 Å². The van der Waals surface area contributed by atoms with E-state index in [1.807, 2.05) is 0 Å². The number of hydrogen-bond donors (Lipinski definition) is 1. The highest BCUT2D eigenvalue weighted by Gasteiger charge is 2.14. The summed E-state index contributed by atoms with van der Waals surface area (Å²) in [5, 5.41) is 9.47. The van der Waals surface area contributed by atoms with Gasteiger partial charge in [-0.3, -0.25) is 4.79 Å². The van der Waals surface area contributed by atoms with Gasteiger partial charge in [-0.15, -0.1) is 0 Å². The van der Waals surface area contributed by atoms with E-state index in [0.717, 1.165) is 24.3 Å². The summed E-state index contributed by atoms with van der Waals surface area (Å²) in [7, 11) is 1.38. The second-order valence-corrected chi connectivity index (χ2v) is 4.92. The number of carbonyl (C=O) groups is 2. The van der Waals surface area contributed by atoms with Gasteiger partial charge >= 0.3 is 5.97 Å². The molecule has 7 heteroatoms. The van der Waals surface area contributed by atoms with Crippen molar-refractivity contribution < 1.29 is 33.0 Å². The third-order valence-corrected chi connectivity index (χ3v) is 3.19. The van der Waals surface area contributed by atoms with Crippen molar-refractivity contribution in [1.29, 1.82) is 0 Å². The predicted molar refractivity (Wildman–Crippen MR) is 85.3 cm³/mol. The smallest absolute Gasteiger partial charge is 0.331 e. The van der Waals surface area contributed by atoms with Gasteiger partial charge in [-0.05, 0) is 42.0 Å². The molecule has 0 unspecified atom stereocenters. The molecule has 2 aromatic carbocycles. The zero-order valence-electron chi connectivity index (χ0n) is 13.2. The molecule has 0 saturated carbocycles. The Kier molecular flexibility index (Phi) is 5.84. The fourth-order valence-corrected chi connectivity index (χ4v) is 1.94. The minimum Gasteiger partial charge on any atom is -0.504 e. The van der Waals surface area contributed by atoms with Crippen molar-refractivity contribution in [1.82, 2.24) is 0 Å². The molecular formula is C18H14F2O5. The number of halogens is 2. The zero-order chi connectivity index (χ0) is 18.4. The van der Waals surface area contributed by atoms with Crippen LogP contribution < -0.4 is 4.74 Å². The summed E-state index contributed by atoms with van der Waals surface area (Å²) in [5.74, 6) is -3.18. The van der Waals surface area contributed by atoms with Gasteiger partial charge in [0.25, 0.3) is 0 Å². The molecule has 0 saturated heterocycles. The average Bonchev–Trinajstić information content (AvgIpc) is 2.60. The lowest BCUT2D eigenvalue weighted by Crippen LogP contribution is -2.14. The van der Waals surface area contributed by atoms with Crippen LogP contribution in [0.1, 0.15) is 15.9 Å². The molecule has 0 bridgehead atoms. The number of ketones is 1. The minimum atomic E-state index is -0.894.